The van der Waals surface area contributed by atoms with Gasteiger partial charge < -0.3 is 14.8 Å². The number of ether oxygens (including phenoxy) is 2. The van der Waals surface area contributed by atoms with Gasteiger partial charge >= 0.3 is 0 Å². The Labute approximate surface area is 99.9 Å². The Bertz CT molecular complexity index is 169. The maximum Gasteiger partial charge on any atom is 0.0619 e. The summed E-state index contributed by atoms with van der Waals surface area (Å²) in [6.07, 6.45) is 5.33. The second kappa shape index (κ2) is 8.04. The van der Waals surface area contributed by atoms with E-state index in [-0.39, 0.29) is 0 Å². The molecule has 1 atom stereocenters. The van der Waals surface area contributed by atoms with Gasteiger partial charge in [-0.1, -0.05) is 6.92 Å². The van der Waals surface area contributed by atoms with E-state index in [2.05, 4.69) is 19.2 Å². The first-order valence-electron chi connectivity index (χ1n) is 6.66. The summed E-state index contributed by atoms with van der Waals surface area (Å²) in [4.78, 5) is 0. The van der Waals surface area contributed by atoms with Gasteiger partial charge in [-0.3, -0.25) is 0 Å². The summed E-state index contributed by atoms with van der Waals surface area (Å²) in [5.74, 6) is 0.833. The van der Waals surface area contributed by atoms with Crippen LogP contribution in [0.4, 0.5) is 0 Å². The summed E-state index contributed by atoms with van der Waals surface area (Å²) < 4.78 is 11.2. The van der Waals surface area contributed by atoms with Crippen molar-refractivity contribution in [3.63, 3.8) is 0 Å². The van der Waals surface area contributed by atoms with Gasteiger partial charge in [0.15, 0.2) is 0 Å². The van der Waals surface area contributed by atoms with E-state index < -0.39 is 0 Å². The standard InChI is InChI=1S/C13H27NO2/c1-4-6-15-10-12(14-3)7-11-8-13(9-11)16-5-2/h11-14H,4-10H2,1-3H3. The molecule has 0 amide bonds. The molecule has 96 valence electrons. The van der Waals surface area contributed by atoms with E-state index in [9.17, 15) is 0 Å². The molecule has 1 unspecified atom stereocenters. The lowest BCUT2D eigenvalue weighted by Crippen LogP contribution is -2.39. The molecule has 0 aromatic rings. The molecule has 0 aliphatic heterocycles. The molecule has 0 saturated heterocycles. The molecule has 0 aromatic carbocycles. The number of hydrogen-bond acceptors (Lipinski definition) is 3. The Balaban J connectivity index is 2.06. The fourth-order valence-electron chi connectivity index (χ4n) is 2.28. The zero-order valence-corrected chi connectivity index (χ0v) is 11.0. The normalized spacial score (nSPS) is 26.4. The third kappa shape index (κ3) is 4.81. The smallest absolute Gasteiger partial charge is 0.0619 e. The summed E-state index contributed by atoms with van der Waals surface area (Å²) in [5.41, 5.74) is 0. The van der Waals surface area contributed by atoms with E-state index in [4.69, 9.17) is 9.47 Å². The molecule has 3 heteroatoms. The van der Waals surface area contributed by atoms with Crippen LogP contribution in [-0.2, 0) is 9.47 Å². The van der Waals surface area contributed by atoms with Crippen molar-refractivity contribution in [1.82, 2.24) is 5.32 Å². The predicted molar refractivity (Wildman–Crippen MR) is 66.7 cm³/mol. The van der Waals surface area contributed by atoms with Crippen LogP contribution in [0.25, 0.3) is 0 Å². The lowest BCUT2D eigenvalue weighted by Gasteiger charge is -2.36. The van der Waals surface area contributed by atoms with E-state index in [0.717, 1.165) is 32.2 Å². The minimum Gasteiger partial charge on any atom is -0.380 e. The molecule has 1 saturated carbocycles. The highest BCUT2D eigenvalue weighted by Gasteiger charge is 2.30. The van der Waals surface area contributed by atoms with Crippen molar-refractivity contribution < 1.29 is 9.47 Å². The zero-order chi connectivity index (χ0) is 11.8. The molecule has 0 bridgehead atoms. The minimum absolute atomic E-state index is 0.513. The van der Waals surface area contributed by atoms with Crippen LogP contribution in [-0.4, -0.2) is 39.0 Å². The van der Waals surface area contributed by atoms with E-state index in [1.54, 1.807) is 0 Å². The van der Waals surface area contributed by atoms with Crippen LogP contribution < -0.4 is 5.32 Å². The molecule has 1 aliphatic carbocycles. The highest BCUT2D eigenvalue weighted by atomic mass is 16.5. The Morgan fingerprint density at radius 1 is 1.31 bits per heavy atom. The quantitative estimate of drug-likeness (QED) is 0.615. The minimum atomic E-state index is 0.513. The number of hydrogen-bond donors (Lipinski definition) is 1. The topological polar surface area (TPSA) is 30.5 Å². The molecule has 0 heterocycles. The Kier molecular flexibility index (Phi) is 7.01. The largest absolute Gasteiger partial charge is 0.380 e. The van der Waals surface area contributed by atoms with Crippen molar-refractivity contribution in [2.75, 3.05) is 26.9 Å². The van der Waals surface area contributed by atoms with Crippen LogP contribution in [0.2, 0.25) is 0 Å². The van der Waals surface area contributed by atoms with Gasteiger partial charge in [0.25, 0.3) is 0 Å². The van der Waals surface area contributed by atoms with Gasteiger partial charge in [-0.05, 0) is 45.6 Å². The molecule has 0 radical (unpaired) electrons. The average molecular weight is 229 g/mol. The molecule has 16 heavy (non-hydrogen) atoms. The molecular weight excluding hydrogens is 202 g/mol. The van der Waals surface area contributed by atoms with Gasteiger partial charge in [-0.2, -0.15) is 0 Å². The first-order valence-corrected chi connectivity index (χ1v) is 6.66. The number of rotatable bonds is 9. The third-order valence-electron chi connectivity index (χ3n) is 3.29. The summed E-state index contributed by atoms with van der Waals surface area (Å²) in [6, 6.07) is 0.513. The van der Waals surface area contributed by atoms with Crippen LogP contribution in [0.1, 0.15) is 39.5 Å². The summed E-state index contributed by atoms with van der Waals surface area (Å²) in [5, 5.41) is 3.34. The monoisotopic (exact) mass is 229 g/mol. The average Bonchev–Trinajstić information content (AvgIpc) is 2.24. The highest BCUT2D eigenvalue weighted by Crippen LogP contribution is 2.33. The molecule has 1 N–H and O–H groups in total. The summed E-state index contributed by atoms with van der Waals surface area (Å²) >= 11 is 0. The fourth-order valence-corrected chi connectivity index (χ4v) is 2.28. The van der Waals surface area contributed by atoms with E-state index in [0.29, 0.717) is 12.1 Å². The second-order valence-corrected chi connectivity index (χ2v) is 4.71. The first-order chi connectivity index (χ1) is 7.80. The van der Waals surface area contributed by atoms with Crippen molar-refractivity contribution >= 4 is 0 Å². The highest BCUT2D eigenvalue weighted by molar-refractivity contribution is 4.83. The van der Waals surface area contributed by atoms with Crippen LogP contribution in [0, 0.1) is 5.92 Å². The lowest BCUT2D eigenvalue weighted by atomic mass is 9.78. The van der Waals surface area contributed by atoms with Gasteiger partial charge in [0, 0.05) is 19.3 Å². The predicted octanol–water partition coefficient (Wildman–Crippen LogP) is 2.21. The van der Waals surface area contributed by atoms with Crippen molar-refractivity contribution in [1.29, 1.82) is 0 Å². The molecule has 3 nitrogen and oxygen atoms in total. The van der Waals surface area contributed by atoms with E-state index in [1.807, 2.05) is 7.05 Å². The SMILES string of the molecule is CCCOCC(CC1CC(OCC)C1)NC. The van der Waals surface area contributed by atoms with Gasteiger partial charge in [-0.25, -0.2) is 0 Å². The van der Waals surface area contributed by atoms with Crippen LogP contribution in [0.5, 0.6) is 0 Å². The van der Waals surface area contributed by atoms with Gasteiger partial charge in [-0.15, -0.1) is 0 Å². The van der Waals surface area contributed by atoms with Gasteiger partial charge in [0.2, 0.25) is 0 Å². The van der Waals surface area contributed by atoms with Gasteiger partial charge in [0.1, 0.15) is 0 Å². The van der Waals surface area contributed by atoms with Crippen molar-refractivity contribution in [2.24, 2.45) is 5.92 Å². The maximum absolute atomic E-state index is 5.59. The second-order valence-electron chi connectivity index (χ2n) is 4.71. The number of likely N-dealkylation sites (N-methyl/N-ethyl adjacent to an activating group) is 1. The number of nitrogens with one attached hydrogen (secondary N) is 1. The van der Waals surface area contributed by atoms with Crippen molar-refractivity contribution in [3.8, 4) is 0 Å². The van der Waals surface area contributed by atoms with Gasteiger partial charge in [0.05, 0.1) is 12.7 Å². The molecule has 0 spiro atoms. The molecule has 1 aliphatic rings. The Morgan fingerprint density at radius 2 is 2.06 bits per heavy atom. The Morgan fingerprint density at radius 3 is 2.62 bits per heavy atom. The van der Waals surface area contributed by atoms with Crippen molar-refractivity contribution in [3.05, 3.63) is 0 Å². The zero-order valence-electron chi connectivity index (χ0n) is 11.0. The maximum atomic E-state index is 5.59. The molecule has 1 fully saturated rings. The van der Waals surface area contributed by atoms with Crippen LogP contribution in [0.15, 0.2) is 0 Å². The third-order valence-corrected chi connectivity index (χ3v) is 3.29. The van der Waals surface area contributed by atoms with Crippen LogP contribution >= 0.6 is 0 Å². The lowest BCUT2D eigenvalue weighted by molar-refractivity contribution is -0.0318. The summed E-state index contributed by atoms with van der Waals surface area (Å²) in [6.45, 7) is 6.80. The fraction of sp³-hybridized carbons (Fsp3) is 1.00. The molecular formula is C13H27NO2. The summed E-state index contributed by atoms with van der Waals surface area (Å²) in [7, 11) is 2.03. The Hall–Kier alpha value is -0.120. The van der Waals surface area contributed by atoms with Crippen molar-refractivity contribution in [2.45, 2.75) is 51.7 Å². The van der Waals surface area contributed by atoms with Crippen LogP contribution in [0.3, 0.4) is 0 Å². The molecule has 1 rings (SSSR count). The first kappa shape index (κ1) is 13.9. The molecule has 0 aromatic heterocycles. The van der Waals surface area contributed by atoms with E-state index in [1.165, 1.54) is 19.3 Å². The van der Waals surface area contributed by atoms with E-state index >= 15 is 0 Å².